The second-order valence-corrected chi connectivity index (χ2v) is 9.32. The standard InChI is InChI=1S/C17H22N2O5S/c1-17(2,21)7-6-12-4-5-15(24-12)16(20)19-9-8-18(3)13-10-25(22,23)11-14(13)19/h4-5,13-14,21H,8-11H2,1-3H3/t13-,14+/m0/s1. The van der Waals surface area contributed by atoms with Gasteiger partial charge in [0.2, 0.25) is 0 Å². The monoisotopic (exact) mass is 366 g/mol. The van der Waals surface area contributed by atoms with Crippen molar-refractivity contribution in [1.29, 1.82) is 0 Å². The van der Waals surface area contributed by atoms with E-state index in [9.17, 15) is 18.3 Å². The zero-order valence-electron chi connectivity index (χ0n) is 14.5. The van der Waals surface area contributed by atoms with Gasteiger partial charge in [0.1, 0.15) is 5.60 Å². The Balaban J connectivity index is 1.81. The number of likely N-dealkylation sites (N-methyl/N-ethyl adjacent to an activating group) is 1. The number of hydrogen-bond donors (Lipinski definition) is 1. The van der Waals surface area contributed by atoms with Crippen LogP contribution in [0.2, 0.25) is 0 Å². The number of aliphatic hydroxyl groups is 1. The van der Waals surface area contributed by atoms with Crippen LogP contribution in [-0.4, -0.2) is 78.6 Å². The number of sulfone groups is 1. The zero-order valence-corrected chi connectivity index (χ0v) is 15.3. The number of carbonyl (C=O) groups excluding carboxylic acids is 1. The van der Waals surface area contributed by atoms with Crippen LogP contribution >= 0.6 is 0 Å². The van der Waals surface area contributed by atoms with E-state index in [4.69, 9.17) is 4.42 Å². The van der Waals surface area contributed by atoms with Crippen LogP contribution in [0, 0.1) is 11.8 Å². The minimum atomic E-state index is -3.15. The molecule has 2 atom stereocenters. The molecule has 1 aromatic heterocycles. The molecule has 7 nitrogen and oxygen atoms in total. The Bertz CT molecular complexity index is 840. The van der Waals surface area contributed by atoms with Crippen LogP contribution in [0.15, 0.2) is 16.5 Å². The fourth-order valence-corrected chi connectivity index (χ4v) is 5.31. The summed E-state index contributed by atoms with van der Waals surface area (Å²) in [6.45, 7) is 4.19. The molecule has 2 aliphatic heterocycles. The highest BCUT2D eigenvalue weighted by molar-refractivity contribution is 7.91. The molecule has 8 heteroatoms. The molecule has 3 rings (SSSR count). The molecular weight excluding hydrogens is 344 g/mol. The Morgan fingerprint density at radius 3 is 2.64 bits per heavy atom. The summed E-state index contributed by atoms with van der Waals surface area (Å²) in [7, 11) is -1.26. The van der Waals surface area contributed by atoms with E-state index in [0.29, 0.717) is 13.1 Å². The number of rotatable bonds is 1. The summed E-state index contributed by atoms with van der Waals surface area (Å²) >= 11 is 0. The summed E-state index contributed by atoms with van der Waals surface area (Å²) in [5, 5.41) is 9.62. The molecule has 0 aromatic carbocycles. The lowest BCUT2D eigenvalue weighted by Crippen LogP contribution is -2.59. The SMILES string of the molecule is CN1CCN(C(=O)c2ccc(C#CC(C)(C)O)o2)[C@@H]2CS(=O)(=O)C[C@@H]21. The summed E-state index contributed by atoms with van der Waals surface area (Å²) < 4.78 is 29.5. The van der Waals surface area contributed by atoms with Crippen molar-refractivity contribution < 1.29 is 22.7 Å². The van der Waals surface area contributed by atoms with Gasteiger partial charge >= 0.3 is 0 Å². The molecule has 0 aliphatic carbocycles. The third kappa shape index (κ3) is 3.89. The van der Waals surface area contributed by atoms with E-state index in [1.165, 1.54) is 6.07 Å². The van der Waals surface area contributed by atoms with E-state index >= 15 is 0 Å². The Labute approximate surface area is 147 Å². The van der Waals surface area contributed by atoms with E-state index < -0.39 is 15.4 Å². The maximum absolute atomic E-state index is 12.8. The van der Waals surface area contributed by atoms with Crippen molar-refractivity contribution in [3.63, 3.8) is 0 Å². The van der Waals surface area contributed by atoms with Gasteiger partial charge in [0, 0.05) is 19.1 Å². The molecule has 1 amide bonds. The lowest BCUT2D eigenvalue weighted by atomic mass is 10.1. The fraction of sp³-hybridized carbons (Fsp3) is 0.588. The molecule has 0 bridgehead atoms. The van der Waals surface area contributed by atoms with E-state index in [2.05, 4.69) is 11.8 Å². The number of fused-ring (bicyclic) bond motifs is 1. The molecule has 0 unspecified atom stereocenters. The first-order valence-electron chi connectivity index (χ1n) is 8.13. The second kappa shape index (κ2) is 6.16. The van der Waals surface area contributed by atoms with Crippen molar-refractivity contribution >= 4 is 15.7 Å². The molecule has 136 valence electrons. The van der Waals surface area contributed by atoms with E-state index in [-0.39, 0.29) is 41.0 Å². The first kappa shape index (κ1) is 18.0. The minimum Gasteiger partial charge on any atom is -0.443 e. The summed E-state index contributed by atoms with van der Waals surface area (Å²) in [5.74, 6) is 5.48. The minimum absolute atomic E-state index is 0.0141. The average Bonchev–Trinajstić information content (AvgIpc) is 3.08. The third-order valence-electron chi connectivity index (χ3n) is 4.52. The highest BCUT2D eigenvalue weighted by atomic mass is 32.2. The van der Waals surface area contributed by atoms with Crippen LogP contribution < -0.4 is 0 Å². The van der Waals surface area contributed by atoms with Gasteiger partial charge in [0.25, 0.3) is 5.91 Å². The van der Waals surface area contributed by atoms with E-state index in [1.54, 1.807) is 24.8 Å². The fourth-order valence-electron chi connectivity index (χ4n) is 3.25. The molecule has 2 fully saturated rings. The maximum atomic E-state index is 12.8. The second-order valence-electron chi connectivity index (χ2n) is 7.16. The number of amides is 1. The summed E-state index contributed by atoms with van der Waals surface area (Å²) in [6, 6.07) is 2.58. The lowest BCUT2D eigenvalue weighted by molar-refractivity contribution is 0.0382. The van der Waals surface area contributed by atoms with Crippen LogP contribution in [0.5, 0.6) is 0 Å². The van der Waals surface area contributed by atoms with Crippen molar-refractivity contribution in [2.45, 2.75) is 31.5 Å². The number of nitrogens with zero attached hydrogens (tertiary/aromatic N) is 2. The number of furan rings is 1. The smallest absolute Gasteiger partial charge is 0.289 e. The van der Waals surface area contributed by atoms with Crippen molar-refractivity contribution in [2.75, 3.05) is 31.6 Å². The molecule has 2 saturated heterocycles. The van der Waals surface area contributed by atoms with Gasteiger partial charge in [-0.1, -0.05) is 5.92 Å². The van der Waals surface area contributed by atoms with Crippen LogP contribution in [0.3, 0.4) is 0 Å². The van der Waals surface area contributed by atoms with Gasteiger partial charge in [-0.05, 0) is 38.9 Å². The molecule has 3 heterocycles. The van der Waals surface area contributed by atoms with Crippen molar-refractivity contribution in [3.8, 4) is 11.8 Å². The predicted molar refractivity (Wildman–Crippen MR) is 91.8 cm³/mol. The van der Waals surface area contributed by atoms with Gasteiger partial charge in [0.15, 0.2) is 21.4 Å². The molecule has 0 radical (unpaired) electrons. The van der Waals surface area contributed by atoms with Crippen molar-refractivity contribution in [1.82, 2.24) is 9.80 Å². The van der Waals surface area contributed by atoms with E-state index in [1.807, 2.05) is 11.9 Å². The quantitative estimate of drug-likeness (QED) is 0.701. The Morgan fingerprint density at radius 1 is 1.28 bits per heavy atom. The molecule has 1 aromatic rings. The largest absolute Gasteiger partial charge is 0.443 e. The highest BCUT2D eigenvalue weighted by Crippen LogP contribution is 2.27. The first-order valence-corrected chi connectivity index (χ1v) is 9.95. The normalized spacial score (nSPS) is 26.0. The summed E-state index contributed by atoms with van der Waals surface area (Å²) in [6.07, 6.45) is 0. The number of carbonyl (C=O) groups is 1. The van der Waals surface area contributed by atoms with Gasteiger partial charge in [-0.25, -0.2) is 8.42 Å². The molecular formula is C17H22N2O5S. The lowest BCUT2D eigenvalue weighted by Gasteiger charge is -2.41. The first-order chi connectivity index (χ1) is 11.6. The predicted octanol–water partition coefficient (Wildman–Crippen LogP) is -0.0448. The van der Waals surface area contributed by atoms with Gasteiger partial charge in [-0.3, -0.25) is 9.69 Å². The van der Waals surface area contributed by atoms with Crippen LogP contribution in [0.1, 0.15) is 30.2 Å². The topological polar surface area (TPSA) is 91.1 Å². The number of piperazine rings is 1. The van der Waals surface area contributed by atoms with Gasteiger partial charge < -0.3 is 14.4 Å². The van der Waals surface area contributed by atoms with Crippen molar-refractivity contribution in [2.24, 2.45) is 0 Å². The van der Waals surface area contributed by atoms with Gasteiger partial charge in [-0.15, -0.1) is 0 Å². The zero-order chi connectivity index (χ0) is 18.4. The number of hydrogen-bond acceptors (Lipinski definition) is 6. The molecule has 2 aliphatic rings. The van der Waals surface area contributed by atoms with Crippen LogP contribution in [-0.2, 0) is 9.84 Å². The third-order valence-corrected chi connectivity index (χ3v) is 6.22. The molecule has 0 saturated carbocycles. The van der Waals surface area contributed by atoms with Gasteiger partial charge in [0.05, 0.1) is 17.5 Å². The maximum Gasteiger partial charge on any atom is 0.289 e. The summed E-state index contributed by atoms with van der Waals surface area (Å²) in [4.78, 5) is 16.4. The Morgan fingerprint density at radius 2 is 1.96 bits per heavy atom. The van der Waals surface area contributed by atoms with E-state index in [0.717, 1.165) is 0 Å². The van der Waals surface area contributed by atoms with Crippen LogP contribution in [0.4, 0.5) is 0 Å². The molecule has 25 heavy (non-hydrogen) atoms. The molecule has 0 spiro atoms. The average molecular weight is 366 g/mol. The highest BCUT2D eigenvalue weighted by Gasteiger charge is 2.47. The van der Waals surface area contributed by atoms with Gasteiger partial charge in [-0.2, -0.15) is 0 Å². The van der Waals surface area contributed by atoms with Crippen molar-refractivity contribution in [3.05, 3.63) is 23.7 Å². The molecule has 1 N–H and O–H groups in total. The Kier molecular flexibility index (Phi) is 4.43. The Hall–Kier alpha value is -1.82. The van der Waals surface area contributed by atoms with Crippen LogP contribution in [0.25, 0.3) is 0 Å². The summed E-state index contributed by atoms with van der Waals surface area (Å²) in [5.41, 5.74) is -1.15.